The second-order valence-corrected chi connectivity index (χ2v) is 5.91. The number of hydrogen-bond acceptors (Lipinski definition) is 5. The molecule has 1 fully saturated rings. The van der Waals surface area contributed by atoms with Crippen LogP contribution in [0.5, 0.6) is 0 Å². The van der Waals surface area contributed by atoms with Gasteiger partial charge in [0, 0.05) is 57.0 Å². The molecule has 0 radical (unpaired) electrons. The number of hydrogen-bond donors (Lipinski definition) is 0. The first-order chi connectivity index (χ1) is 10.1. The molecule has 1 aromatic heterocycles. The number of rotatable bonds is 6. The van der Waals surface area contributed by atoms with Crippen LogP contribution in [0.4, 0.5) is 5.82 Å². The Hall–Kier alpha value is -1.20. The van der Waals surface area contributed by atoms with Gasteiger partial charge in [-0.3, -0.25) is 4.90 Å². The van der Waals surface area contributed by atoms with Crippen molar-refractivity contribution in [1.82, 2.24) is 14.9 Å². The zero-order valence-electron chi connectivity index (χ0n) is 13.8. The SMILES string of the molecule is CCOCCN1CCN(c2cc(C)nc(C(C)C)n2)CC1. The van der Waals surface area contributed by atoms with E-state index in [1.807, 2.05) is 6.92 Å². The molecule has 2 heterocycles. The van der Waals surface area contributed by atoms with Crippen LogP contribution < -0.4 is 4.90 Å². The first kappa shape index (κ1) is 16.2. The lowest BCUT2D eigenvalue weighted by Crippen LogP contribution is -2.47. The third-order valence-electron chi connectivity index (χ3n) is 3.83. The lowest BCUT2D eigenvalue weighted by atomic mass is 10.2. The molecular formula is C16H28N4O. The van der Waals surface area contributed by atoms with Gasteiger partial charge in [-0.05, 0) is 13.8 Å². The molecular weight excluding hydrogens is 264 g/mol. The maximum atomic E-state index is 5.43. The van der Waals surface area contributed by atoms with E-state index < -0.39 is 0 Å². The number of nitrogens with zero attached hydrogens (tertiary/aromatic N) is 4. The number of aryl methyl sites for hydroxylation is 1. The van der Waals surface area contributed by atoms with Crippen molar-refractivity contribution in [3.63, 3.8) is 0 Å². The highest BCUT2D eigenvalue weighted by molar-refractivity contribution is 5.40. The molecule has 0 atom stereocenters. The van der Waals surface area contributed by atoms with Gasteiger partial charge in [0.05, 0.1) is 6.61 Å². The molecule has 1 aliphatic rings. The predicted molar refractivity (Wildman–Crippen MR) is 86.0 cm³/mol. The molecule has 0 amide bonds. The zero-order valence-corrected chi connectivity index (χ0v) is 13.8. The molecule has 0 spiro atoms. The van der Waals surface area contributed by atoms with Gasteiger partial charge in [0.2, 0.25) is 0 Å². The quantitative estimate of drug-likeness (QED) is 0.751. The van der Waals surface area contributed by atoms with Gasteiger partial charge < -0.3 is 9.64 Å². The van der Waals surface area contributed by atoms with Crippen molar-refractivity contribution in [3.05, 3.63) is 17.6 Å². The average Bonchev–Trinajstić information content (AvgIpc) is 2.47. The van der Waals surface area contributed by atoms with Crippen LogP contribution >= 0.6 is 0 Å². The third kappa shape index (κ3) is 4.64. The fourth-order valence-corrected chi connectivity index (χ4v) is 2.53. The molecule has 2 rings (SSSR count). The molecule has 5 heteroatoms. The highest BCUT2D eigenvalue weighted by atomic mass is 16.5. The summed E-state index contributed by atoms with van der Waals surface area (Å²) < 4.78 is 5.43. The van der Waals surface area contributed by atoms with Crippen LogP contribution in [0.25, 0.3) is 0 Å². The molecule has 5 nitrogen and oxygen atoms in total. The van der Waals surface area contributed by atoms with E-state index in [1.54, 1.807) is 0 Å². The van der Waals surface area contributed by atoms with E-state index in [2.05, 4.69) is 41.6 Å². The van der Waals surface area contributed by atoms with Gasteiger partial charge in [-0.15, -0.1) is 0 Å². The molecule has 0 aliphatic carbocycles. The summed E-state index contributed by atoms with van der Waals surface area (Å²) in [6.45, 7) is 15.3. The fourth-order valence-electron chi connectivity index (χ4n) is 2.53. The van der Waals surface area contributed by atoms with Crippen LogP contribution in [0.2, 0.25) is 0 Å². The summed E-state index contributed by atoms with van der Waals surface area (Å²) in [6.07, 6.45) is 0. The maximum absolute atomic E-state index is 5.43. The van der Waals surface area contributed by atoms with Gasteiger partial charge in [-0.1, -0.05) is 13.8 Å². The second-order valence-electron chi connectivity index (χ2n) is 5.91. The lowest BCUT2D eigenvalue weighted by molar-refractivity contribution is 0.111. The summed E-state index contributed by atoms with van der Waals surface area (Å²) in [7, 11) is 0. The minimum absolute atomic E-state index is 0.371. The summed E-state index contributed by atoms with van der Waals surface area (Å²) in [6, 6.07) is 2.10. The molecule has 0 N–H and O–H groups in total. The normalized spacial score (nSPS) is 16.7. The highest BCUT2D eigenvalue weighted by Gasteiger charge is 2.19. The van der Waals surface area contributed by atoms with Crippen LogP contribution in [0.1, 0.15) is 38.2 Å². The number of anilines is 1. The fraction of sp³-hybridized carbons (Fsp3) is 0.750. The molecule has 0 saturated carbocycles. The van der Waals surface area contributed by atoms with Gasteiger partial charge in [0.1, 0.15) is 11.6 Å². The number of piperazine rings is 1. The van der Waals surface area contributed by atoms with Crippen LogP contribution in [0.3, 0.4) is 0 Å². The van der Waals surface area contributed by atoms with E-state index >= 15 is 0 Å². The third-order valence-corrected chi connectivity index (χ3v) is 3.83. The summed E-state index contributed by atoms with van der Waals surface area (Å²) in [5, 5.41) is 0. The standard InChI is InChI=1S/C16H28N4O/c1-5-21-11-10-19-6-8-20(9-7-19)15-12-14(4)17-16(18-15)13(2)3/h12-13H,5-11H2,1-4H3. The summed E-state index contributed by atoms with van der Waals surface area (Å²) >= 11 is 0. The Morgan fingerprint density at radius 2 is 1.90 bits per heavy atom. The monoisotopic (exact) mass is 292 g/mol. The highest BCUT2D eigenvalue weighted by Crippen LogP contribution is 2.18. The number of aromatic nitrogens is 2. The Kier molecular flexibility index (Phi) is 5.94. The van der Waals surface area contributed by atoms with Crippen molar-refractivity contribution < 1.29 is 4.74 Å². The molecule has 1 aromatic rings. The first-order valence-electron chi connectivity index (χ1n) is 8.00. The minimum Gasteiger partial charge on any atom is -0.380 e. The smallest absolute Gasteiger partial charge is 0.133 e. The second kappa shape index (κ2) is 7.71. The molecule has 118 valence electrons. The Balaban J connectivity index is 1.93. The van der Waals surface area contributed by atoms with E-state index in [4.69, 9.17) is 9.72 Å². The topological polar surface area (TPSA) is 41.5 Å². The Bertz CT molecular complexity index is 442. The molecule has 21 heavy (non-hydrogen) atoms. The Labute approximate surface area is 128 Å². The minimum atomic E-state index is 0.371. The number of ether oxygens (including phenoxy) is 1. The van der Waals surface area contributed by atoms with Crippen LogP contribution in [-0.2, 0) is 4.74 Å². The van der Waals surface area contributed by atoms with Crippen molar-refractivity contribution in [2.45, 2.75) is 33.6 Å². The molecule has 1 saturated heterocycles. The van der Waals surface area contributed by atoms with Crippen molar-refractivity contribution >= 4 is 5.82 Å². The maximum Gasteiger partial charge on any atom is 0.133 e. The Morgan fingerprint density at radius 1 is 1.19 bits per heavy atom. The molecule has 0 aromatic carbocycles. The van der Waals surface area contributed by atoms with Gasteiger partial charge in [-0.2, -0.15) is 0 Å². The Morgan fingerprint density at radius 3 is 2.52 bits per heavy atom. The van der Waals surface area contributed by atoms with Crippen molar-refractivity contribution in [3.8, 4) is 0 Å². The van der Waals surface area contributed by atoms with Crippen molar-refractivity contribution in [1.29, 1.82) is 0 Å². The van der Waals surface area contributed by atoms with Gasteiger partial charge in [0.15, 0.2) is 0 Å². The van der Waals surface area contributed by atoms with Crippen LogP contribution in [0, 0.1) is 6.92 Å². The molecule has 1 aliphatic heterocycles. The summed E-state index contributed by atoms with van der Waals surface area (Å²) in [5.74, 6) is 2.40. The van der Waals surface area contributed by atoms with E-state index in [0.717, 1.165) is 63.3 Å². The van der Waals surface area contributed by atoms with Crippen molar-refractivity contribution in [2.24, 2.45) is 0 Å². The van der Waals surface area contributed by atoms with Crippen molar-refractivity contribution in [2.75, 3.05) is 50.8 Å². The van der Waals surface area contributed by atoms with E-state index in [1.165, 1.54) is 0 Å². The lowest BCUT2D eigenvalue weighted by Gasteiger charge is -2.35. The van der Waals surface area contributed by atoms with Gasteiger partial charge in [-0.25, -0.2) is 9.97 Å². The van der Waals surface area contributed by atoms with E-state index in [9.17, 15) is 0 Å². The van der Waals surface area contributed by atoms with Gasteiger partial charge in [0.25, 0.3) is 0 Å². The zero-order chi connectivity index (χ0) is 15.2. The van der Waals surface area contributed by atoms with E-state index in [0.29, 0.717) is 5.92 Å². The first-order valence-corrected chi connectivity index (χ1v) is 8.00. The van der Waals surface area contributed by atoms with Crippen LogP contribution in [0.15, 0.2) is 6.07 Å². The largest absolute Gasteiger partial charge is 0.380 e. The summed E-state index contributed by atoms with van der Waals surface area (Å²) in [4.78, 5) is 14.1. The van der Waals surface area contributed by atoms with E-state index in [-0.39, 0.29) is 0 Å². The average molecular weight is 292 g/mol. The molecule has 0 unspecified atom stereocenters. The predicted octanol–water partition coefficient (Wildman–Crippen LogP) is 2.07. The summed E-state index contributed by atoms with van der Waals surface area (Å²) in [5.41, 5.74) is 1.06. The van der Waals surface area contributed by atoms with Crippen LogP contribution in [-0.4, -0.2) is 60.8 Å². The van der Waals surface area contributed by atoms with Gasteiger partial charge >= 0.3 is 0 Å². The molecule has 0 bridgehead atoms.